The van der Waals surface area contributed by atoms with Crippen molar-refractivity contribution in [2.75, 3.05) is 46.8 Å². The third-order valence-electron chi connectivity index (χ3n) is 5.15. The zero-order valence-corrected chi connectivity index (χ0v) is 18.9. The molecule has 29 heavy (non-hydrogen) atoms. The van der Waals surface area contributed by atoms with Crippen molar-refractivity contribution in [2.45, 2.75) is 46.1 Å². The molecule has 0 bridgehead atoms. The first-order valence-corrected chi connectivity index (χ1v) is 11.0. The van der Waals surface area contributed by atoms with Gasteiger partial charge in [0.1, 0.15) is 0 Å². The third-order valence-corrected chi connectivity index (χ3v) is 5.15. The van der Waals surface area contributed by atoms with Gasteiger partial charge < -0.3 is 20.4 Å². The summed E-state index contributed by atoms with van der Waals surface area (Å²) in [5, 5.41) is 6.98. The topological polar surface area (TPSA) is 60.0 Å². The Labute approximate surface area is 176 Å². The molecule has 1 aliphatic rings. The molecular formula is C23H39N5O. The Morgan fingerprint density at radius 2 is 2.00 bits per heavy atom. The van der Waals surface area contributed by atoms with Crippen molar-refractivity contribution in [1.82, 2.24) is 20.4 Å². The normalized spacial score (nSPS) is 16.1. The second-order valence-electron chi connectivity index (χ2n) is 8.52. The lowest BCUT2D eigenvalue weighted by molar-refractivity contribution is 0.0827. The lowest BCUT2D eigenvalue weighted by Crippen LogP contribution is -2.49. The second kappa shape index (κ2) is 11.8. The average Bonchev–Trinajstić information content (AvgIpc) is 2.69. The predicted molar refractivity (Wildman–Crippen MR) is 122 cm³/mol. The molecule has 6 heteroatoms. The van der Waals surface area contributed by atoms with Gasteiger partial charge in [-0.2, -0.15) is 0 Å². The van der Waals surface area contributed by atoms with Crippen LogP contribution in [0.5, 0.6) is 0 Å². The number of nitrogens with one attached hydrogen (secondary N) is 2. The van der Waals surface area contributed by atoms with Gasteiger partial charge in [0.25, 0.3) is 5.91 Å². The van der Waals surface area contributed by atoms with Gasteiger partial charge in [0.2, 0.25) is 0 Å². The van der Waals surface area contributed by atoms with Gasteiger partial charge in [0.15, 0.2) is 5.96 Å². The Hall–Kier alpha value is -2.08. The van der Waals surface area contributed by atoms with Crippen LogP contribution in [-0.2, 0) is 6.42 Å². The Morgan fingerprint density at radius 3 is 2.62 bits per heavy atom. The van der Waals surface area contributed by atoms with Crippen LogP contribution in [0.25, 0.3) is 0 Å². The zero-order chi connectivity index (χ0) is 21.2. The van der Waals surface area contributed by atoms with Crippen LogP contribution in [0.15, 0.2) is 29.3 Å². The van der Waals surface area contributed by atoms with Crippen molar-refractivity contribution in [1.29, 1.82) is 0 Å². The molecule has 0 aromatic heterocycles. The van der Waals surface area contributed by atoms with Crippen LogP contribution in [0.1, 0.15) is 49.5 Å². The molecule has 0 atom stereocenters. The fourth-order valence-corrected chi connectivity index (χ4v) is 3.70. The van der Waals surface area contributed by atoms with E-state index >= 15 is 0 Å². The van der Waals surface area contributed by atoms with E-state index in [2.05, 4.69) is 42.4 Å². The van der Waals surface area contributed by atoms with E-state index in [0.29, 0.717) is 12.6 Å². The minimum atomic E-state index is 0.0363. The molecule has 1 aliphatic heterocycles. The van der Waals surface area contributed by atoms with E-state index in [0.717, 1.165) is 61.9 Å². The monoisotopic (exact) mass is 401 g/mol. The molecule has 1 aromatic carbocycles. The van der Waals surface area contributed by atoms with E-state index in [1.54, 1.807) is 19.0 Å². The first kappa shape index (κ1) is 23.2. The summed E-state index contributed by atoms with van der Waals surface area (Å²) in [6.07, 6.45) is 3.13. The quantitative estimate of drug-likeness (QED) is 0.519. The summed E-state index contributed by atoms with van der Waals surface area (Å²) >= 11 is 0. The summed E-state index contributed by atoms with van der Waals surface area (Å²) in [6, 6.07) is 8.34. The summed E-state index contributed by atoms with van der Waals surface area (Å²) in [7, 11) is 3.56. The van der Waals surface area contributed by atoms with Crippen LogP contribution in [0, 0.1) is 5.92 Å². The zero-order valence-electron chi connectivity index (χ0n) is 18.9. The summed E-state index contributed by atoms with van der Waals surface area (Å²) in [6.45, 7) is 11.7. The maximum absolute atomic E-state index is 12.1. The molecule has 1 amide bonds. The fraction of sp³-hybridized carbons (Fsp3) is 0.652. The van der Waals surface area contributed by atoms with E-state index in [-0.39, 0.29) is 5.91 Å². The molecule has 1 fully saturated rings. The van der Waals surface area contributed by atoms with Crippen molar-refractivity contribution in [2.24, 2.45) is 10.9 Å². The highest BCUT2D eigenvalue weighted by Crippen LogP contribution is 2.12. The highest BCUT2D eigenvalue weighted by atomic mass is 16.2. The summed E-state index contributed by atoms with van der Waals surface area (Å²) in [5.41, 5.74) is 1.87. The molecule has 1 heterocycles. The summed E-state index contributed by atoms with van der Waals surface area (Å²) < 4.78 is 0. The SMILES string of the molecule is CCNC(=NCCc1cccc(C(=O)N(C)C)c1)NC1CCN(CC(C)C)CC1. The van der Waals surface area contributed by atoms with Crippen molar-refractivity contribution < 1.29 is 4.79 Å². The number of piperidine rings is 1. The molecule has 0 saturated carbocycles. The van der Waals surface area contributed by atoms with Crippen LogP contribution >= 0.6 is 0 Å². The van der Waals surface area contributed by atoms with Crippen LogP contribution in [0.2, 0.25) is 0 Å². The van der Waals surface area contributed by atoms with Gasteiger partial charge in [-0.1, -0.05) is 26.0 Å². The molecule has 2 N–H and O–H groups in total. The number of carbonyl (C=O) groups is 1. The van der Waals surface area contributed by atoms with Gasteiger partial charge in [-0.05, 0) is 49.8 Å². The molecule has 1 aromatic rings. The minimum absolute atomic E-state index is 0.0363. The largest absolute Gasteiger partial charge is 0.357 e. The minimum Gasteiger partial charge on any atom is -0.357 e. The number of guanidine groups is 1. The maximum Gasteiger partial charge on any atom is 0.253 e. The maximum atomic E-state index is 12.1. The number of amides is 1. The molecule has 6 nitrogen and oxygen atoms in total. The van der Waals surface area contributed by atoms with E-state index in [1.165, 1.54) is 6.54 Å². The Kier molecular flexibility index (Phi) is 9.45. The van der Waals surface area contributed by atoms with Gasteiger partial charge in [-0.15, -0.1) is 0 Å². The first-order chi connectivity index (χ1) is 13.9. The van der Waals surface area contributed by atoms with Crippen molar-refractivity contribution >= 4 is 11.9 Å². The van der Waals surface area contributed by atoms with Gasteiger partial charge in [0, 0.05) is 58.4 Å². The van der Waals surface area contributed by atoms with E-state index in [9.17, 15) is 4.79 Å². The van der Waals surface area contributed by atoms with Crippen LogP contribution < -0.4 is 10.6 Å². The smallest absolute Gasteiger partial charge is 0.253 e. The van der Waals surface area contributed by atoms with Gasteiger partial charge in [0.05, 0.1) is 0 Å². The van der Waals surface area contributed by atoms with Crippen molar-refractivity contribution in [3.05, 3.63) is 35.4 Å². The van der Waals surface area contributed by atoms with Crippen LogP contribution in [-0.4, -0.2) is 74.5 Å². The van der Waals surface area contributed by atoms with Gasteiger partial charge in [-0.25, -0.2) is 0 Å². The van der Waals surface area contributed by atoms with Crippen molar-refractivity contribution in [3.8, 4) is 0 Å². The van der Waals surface area contributed by atoms with Crippen molar-refractivity contribution in [3.63, 3.8) is 0 Å². The molecule has 0 radical (unpaired) electrons. The Balaban J connectivity index is 1.86. The number of rotatable bonds is 8. The molecule has 0 aliphatic carbocycles. The fourth-order valence-electron chi connectivity index (χ4n) is 3.70. The summed E-state index contributed by atoms with van der Waals surface area (Å²) in [4.78, 5) is 21.1. The van der Waals surface area contributed by atoms with Crippen LogP contribution in [0.3, 0.4) is 0 Å². The molecule has 2 rings (SSSR count). The van der Waals surface area contributed by atoms with Gasteiger partial charge in [-0.3, -0.25) is 9.79 Å². The molecule has 162 valence electrons. The number of benzene rings is 1. The molecule has 1 saturated heterocycles. The third kappa shape index (κ3) is 8.05. The van der Waals surface area contributed by atoms with E-state index in [4.69, 9.17) is 4.99 Å². The standard InChI is InChI=1S/C23H39N5O/c1-6-24-23(26-21-11-14-28(15-12-21)17-18(2)3)25-13-10-19-8-7-9-20(16-19)22(29)27(4)5/h7-9,16,18,21H,6,10-15,17H2,1-5H3,(H2,24,25,26). The van der Waals surface area contributed by atoms with E-state index in [1.807, 2.05) is 18.2 Å². The lowest BCUT2D eigenvalue weighted by Gasteiger charge is -2.34. The Bertz CT molecular complexity index is 663. The second-order valence-corrected chi connectivity index (χ2v) is 8.52. The first-order valence-electron chi connectivity index (χ1n) is 11.0. The highest BCUT2D eigenvalue weighted by Gasteiger charge is 2.20. The molecule has 0 spiro atoms. The molecule has 0 unspecified atom stereocenters. The summed E-state index contributed by atoms with van der Waals surface area (Å²) in [5.74, 6) is 1.66. The highest BCUT2D eigenvalue weighted by molar-refractivity contribution is 5.94. The van der Waals surface area contributed by atoms with Gasteiger partial charge >= 0.3 is 0 Å². The lowest BCUT2D eigenvalue weighted by atomic mass is 10.0. The average molecular weight is 402 g/mol. The van der Waals surface area contributed by atoms with Crippen LogP contribution in [0.4, 0.5) is 0 Å². The number of carbonyl (C=O) groups excluding carboxylic acids is 1. The molecular weight excluding hydrogens is 362 g/mol. The Morgan fingerprint density at radius 1 is 1.28 bits per heavy atom. The number of nitrogens with zero attached hydrogens (tertiary/aromatic N) is 3. The van der Waals surface area contributed by atoms with E-state index < -0.39 is 0 Å². The number of aliphatic imine (C=N–C) groups is 1. The number of likely N-dealkylation sites (tertiary alicyclic amines) is 1. The number of hydrogen-bond acceptors (Lipinski definition) is 3. The predicted octanol–water partition coefficient (Wildman–Crippen LogP) is 2.61. The number of hydrogen-bond donors (Lipinski definition) is 2.